The number of carbonyl (C=O) groups excluding carboxylic acids is 1. The maximum absolute atomic E-state index is 11.7. The van der Waals surface area contributed by atoms with Crippen molar-refractivity contribution in [1.29, 1.82) is 0 Å². The Bertz CT molecular complexity index is 326. The Morgan fingerprint density at radius 2 is 2.00 bits per heavy atom. The molecular weight excluding hydrogens is 202 g/mol. The Morgan fingerprint density at radius 1 is 1.38 bits per heavy atom. The zero-order chi connectivity index (χ0) is 12.0. The summed E-state index contributed by atoms with van der Waals surface area (Å²) in [5, 5.41) is 5.96. The minimum absolute atomic E-state index is 0.0192. The molecule has 1 aromatic heterocycles. The summed E-state index contributed by atoms with van der Waals surface area (Å²) in [6.07, 6.45) is 3.46. The number of hydrogen-bond acceptors (Lipinski definition) is 3. The molecule has 0 aliphatic carbocycles. The first-order chi connectivity index (χ1) is 7.65. The molecule has 0 saturated carbocycles. The smallest absolute Gasteiger partial charge is 0.224 e. The number of carbonyl (C=O) groups is 1. The van der Waals surface area contributed by atoms with Gasteiger partial charge in [-0.25, -0.2) is 0 Å². The Kier molecular flexibility index (Phi) is 4.92. The fourth-order valence-corrected chi connectivity index (χ4v) is 1.49. The van der Waals surface area contributed by atoms with Crippen molar-refractivity contribution in [2.45, 2.75) is 19.9 Å². The summed E-state index contributed by atoms with van der Waals surface area (Å²) in [7, 11) is 1.84. The van der Waals surface area contributed by atoms with Gasteiger partial charge in [-0.1, -0.05) is 6.92 Å². The predicted molar refractivity (Wildman–Crippen MR) is 63.9 cm³/mol. The van der Waals surface area contributed by atoms with Gasteiger partial charge in [0.25, 0.3) is 0 Å². The Hall–Kier alpha value is -1.42. The molecule has 0 saturated heterocycles. The Balaban J connectivity index is 2.51. The van der Waals surface area contributed by atoms with Crippen LogP contribution in [0.5, 0.6) is 0 Å². The van der Waals surface area contributed by atoms with E-state index in [2.05, 4.69) is 15.6 Å². The van der Waals surface area contributed by atoms with Crippen LogP contribution in [0.25, 0.3) is 0 Å². The van der Waals surface area contributed by atoms with E-state index < -0.39 is 0 Å². The van der Waals surface area contributed by atoms with Gasteiger partial charge in [-0.05, 0) is 31.7 Å². The number of hydrogen-bond donors (Lipinski definition) is 2. The van der Waals surface area contributed by atoms with E-state index in [4.69, 9.17) is 0 Å². The van der Waals surface area contributed by atoms with E-state index in [0.29, 0.717) is 6.54 Å². The van der Waals surface area contributed by atoms with E-state index in [9.17, 15) is 4.79 Å². The third-order valence-electron chi connectivity index (χ3n) is 2.52. The molecule has 2 N–H and O–H groups in total. The highest BCUT2D eigenvalue weighted by Gasteiger charge is 2.14. The number of pyridine rings is 1. The second kappa shape index (κ2) is 6.23. The number of rotatable bonds is 5. The van der Waals surface area contributed by atoms with Crippen LogP contribution in [-0.4, -0.2) is 24.5 Å². The van der Waals surface area contributed by atoms with Crippen LogP contribution in [0.2, 0.25) is 0 Å². The molecule has 4 heteroatoms. The molecule has 2 atom stereocenters. The average molecular weight is 221 g/mol. The van der Waals surface area contributed by atoms with Crippen molar-refractivity contribution in [2.75, 3.05) is 13.6 Å². The molecule has 0 radical (unpaired) electrons. The zero-order valence-corrected chi connectivity index (χ0v) is 10.0. The van der Waals surface area contributed by atoms with Crippen LogP contribution in [0.3, 0.4) is 0 Å². The Morgan fingerprint density at radius 3 is 2.56 bits per heavy atom. The highest BCUT2D eigenvalue weighted by Crippen LogP contribution is 2.10. The normalized spacial score (nSPS) is 14.2. The second-order valence-electron chi connectivity index (χ2n) is 3.97. The van der Waals surface area contributed by atoms with E-state index >= 15 is 0 Å². The molecule has 16 heavy (non-hydrogen) atoms. The van der Waals surface area contributed by atoms with Crippen molar-refractivity contribution in [3.63, 3.8) is 0 Å². The van der Waals surface area contributed by atoms with Gasteiger partial charge in [-0.3, -0.25) is 9.78 Å². The third kappa shape index (κ3) is 3.62. The molecule has 1 amide bonds. The number of nitrogens with one attached hydrogen (secondary N) is 2. The lowest BCUT2D eigenvalue weighted by atomic mass is 10.1. The highest BCUT2D eigenvalue weighted by molar-refractivity contribution is 5.78. The summed E-state index contributed by atoms with van der Waals surface area (Å²) in [5.74, 6) is 0.0490. The van der Waals surface area contributed by atoms with Crippen LogP contribution in [-0.2, 0) is 4.79 Å². The number of nitrogens with zero attached hydrogens (tertiary/aromatic N) is 1. The van der Waals surface area contributed by atoms with E-state index in [1.165, 1.54) is 0 Å². The lowest BCUT2D eigenvalue weighted by Gasteiger charge is -2.17. The van der Waals surface area contributed by atoms with Crippen molar-refractivity contribution in [1.82, 2.24) is 15.6 Å². The van der Waals surface area contributed by atoms with Gasteiger partial charge in [0.15, 0.2) is 0 Å². The van der Waals surface area contributed by atoms with Gasteiger partial charge in [0.2, 0.25) is 5.91 Å². The Labute approximate surface area is 96.5 Å². The van der Waals surface area contributed by atoms with Crippen molar-refractivity contribution < 1.29 is 4.79 Å². The topological polar surface area (TPSA) is 54.0 Å². The molecule has 0 spiro atoms. The molecule has 1 rings (SSSR count). The molecule has 0 bridgehead atoms. The summed E-state index contributed by atoms with van der Waals surface area (Å²) >= 11 is 0. The summed E-state index contributed by atoms with van der Waals surface area (Å²) in [6.45, 7) is 4.57. The maximum Gasteiger partial charge on any atom is 0.224 e. The molecular formula is C12H19N3O. The standard InChI is InChI=1S/C12H19N3O/c1-9(8-13-3)12(16)15-10(2)11-4-6-14-7-5-11/h4-7,9-10,13H,8H2,1-3H3,(H,15,16)/t9?,10-/m0/s1. The molecule has 4 nitrogen and oxygen atoms in total. The first-order valence-corrected chi connectivity index (χ1v) is 5.50. The number of amides is 1. The van der Waals surface area contributed by atoms with Crippen molar-refractivity contribution in [3.05, 3.63) is 30.1 Å². The summed E-state index contributed by atoms with van der Waals surface area (Å²) in [6, 6.07) is 3.84. The fraction of sp³-hybridized carbons (Fsp3) is 0.500. The molecule has 1 aromatic rings. The van der Waals surface area contributed by atoms with Crippen LogP contribution in [0.15, 0.2) is 24.5 Å². The molecule has 1 unspecified atom stereocenters. The van der Waals surface area contributed by atoms with E-state index in [1.54, 1.807) is 12.4 Å². The molecule has 0 aliphatic rings. The van der Waals surface area contributed by atoms with E-state index in [-0.39, 0.29) is 17.9 Å². The van der Waals surface area contributed by atoms with Gasteiger partial charge in [0, 0.05) is 24.9 Å². The minimum Gasteiger partial charge on any atom is -0.349 e. The summed E-state index contributed by atoms with van der Waals surface area (Å²) in [4.78, 5) is 15.7. The van der Waals surface area contributed by atoms with Crippen molar-refractivity contribution in [3.8, 4) is 0 Å². The van der Waals surface area contributed by atoms with Crippen molar-refractivity contribution >= 4 is 5.91 Å². The molecule has 0 aromatic carbocycles. The summed E-state index contributed by atoms with van der Waals surface area (Å²) < 4.78 is 0. The molecule has 88 valence electrons. The van der Waals surface area contributed by atoms with E-state index in [1.807, 2.05) is 33.0 Å². The highest BCUT2D eigenvalue weighted by atomic mass is 16.1. The van der Waals surface area contributed by atoms with Gasteiger partial charge >= 0.3 is 0 Å². The van der Waals surface area contributed by atoms with Crippen LogP contribution < -0.4 is 10.6 Å². The summed E-state index contributed by atoms with van der Waals surface area (Å²) in [5.41, 5.74) is 1.07. The molecule has 0 aliphatic heterocycles. The SMILES string of the molecule is CNCC(C)C(=O)N[C@@H](C)c1ccncc1. The zero-order valence-electron chi connectivity index (χ0n) is 10.0. The molecule has 0 fully saturated rings. The predicted octanol–water partition coefficient (Wildman–Crippen LogP) is 1.11. The lowest BCUT2D eigenvalue weighted by Crippen LogP contribution is -2.35. The lowest BCUT2D eigenvalue weighted by molar-refractivity contribution is -0.125. The van der Waals surface area contributed by atoms with Gasteiger partial charge in [0.05, 0.1) is 6.04 Å². The van der Waals surface area contributed by atoms with Crippen LogP contribution >= 0.6 is 0 Å². The van der Waals surface area contributed by atoms with Crippen LogP contribution in [0.1, 0.15) is 25.5 Å². The van der Waals surface area contributed by atoms with Gasteiger partial charge in [-0.15, -0.1) is 0 Å². The first kappa shape index (κ1) is 12.6. The van der Waals surface area contributed by atoms with Crippen LogP contribution in [0, 0.1) is 5.92 Å². The maximum atomic E-state index is 11.7. The average Bonchev–Trinajstić information content (AvgIpc) is 2.30. The minimum atomic E-state index is -0.0192. The first-order valence-electron chi connectivity index (χ1n) is 5.50. The van der Waals surface area contributed by atoms with Gasteiger partial charge < -0.3 is 10.6 Å². The monoisotopic (exact) mass is 221 g/mol. The van der Waals surface area contributed by atoms with Crippen molar-refractivity contribution in [2.24, 2.45) is 5.92 Å². The largest absolute Gasteiger partial charge is 0.349 e. The van der Waals surface area contributed by atoms with E-state index in [0.717, 1.165) is 5.56 Å². The van der Waals surface area contributed by atoms with Gasteiger partial charge in [0.1, 0.15) is 0 Å². The number of aromatic nitrogens is 1. The third-order valence-corrected chi connectivity index (χ3v) is 2.52. The van der Waals surface area contributed by atoms with Gasteiger partial charge in [-0.2, -0.15) is 0 Å². The molecule has 1 heterocycles. The van der Waals surface area contributed by atoms with Crippen LogP contribution in [0.4, 0.5) is 0 Å². The quantitative estimate of drug-likeness (QED) is 0.783. The second-order valence-corrected chi connectivity index (χ2v) is 3.97. The fourth-order valence-electron chi connectivity index (χ4n) is 1.49.